The zero-order valence-electron chi connectivity index (χ0n) is 17.5. The SMILES string of the molecule is CCNC(=NCC1CC(=O)N(CCc2ccccc2)C1)NCCCCOCC. The van der Waals surface area contributed by atoms with E-state index in [1.165, 1.54) is 5.56 Å². The van der Waals surface area contributed by atoms with Gasteiger partial charge < -0.3 is 20.3 Å². The van der Waals surface area contributed by atoms with Crippen LogP contribution in [0.15, 0.2) is 35.3 Å². The van der Waals surface area contributed by atoms with Gasteiger partial charge in [-0.3, -0.25) is 9.79 Å². The number of likely N-dealkylation sites (tertiary alicyclic amines) is 1. The van der Waals surface area contributed by atoms with Crippen LogP contribution in [0.5, 0.6) is 0 Å². The fourth-order valence-corrected chi connectivity index (χ4v) is 3.34. The lowest BCUT2D eigenvalue weighted by atomic mass is 10.1. The Bertz CT molecular complexity index is 591. The van der Waals surface area contributed by atoms with Crippen LogP contribution in [0.2, 0.25) is 0 Å². The Kier molecular flexibility index (Phi) is 10.4. The van der Waals surface area contributed by atoms with Crippen molar-refractivity contribution in [2.45, 2.75) is 39.5 Å². The molecule has 0 aromatic heterocycles. The molecule has 156 valence electrons. The molecular weight excluding hydrogens is 352 g/mol. The van der Waals surface area contributed by atoms with Gasteiger partial charge in [0, 0.05) is 58.3 Å². The zero-order valence-corrected chi connectivity index (χ0v) is 17.5. The van der Waals surface area contributed by atoms with Gasteiger partial charge in [-0.1, -0.05) is 30.3 Å². The molecule has 1 aromatic rings. The fraction of sp³-hybridized carbons (Fsp3) is 0.636. The summed E-state index contributed by atoms with van der Waals surface area (Å²) in [5, 5.41) is 6.66. The number of carbonyl (C=O) groups excluding carboxylic acids is 1. The molecule has 6 nitrogen and oxygen atoms in total. The second kappa shape index (κ2) is 13.2. The lowest BCUT2D eigenvalue weighted by molar-refractivity contribution is -0.127. The van der Waals surface area contributed by atoms with Gasteiger partial charge in [0.2, 0.25) is 5.91 Å². The smallest absolute Gasteiger partial charge is 0.223 e. The second-order valence-electron chi connectivity index (χ2n) is 7.20. The van der Waals surface area contributed by atoms with Crippen molar-refractivity contribution in [1.29, 1.82) is 0 Å². The standard InChI is InChI=1S/C22H36N4O2/c1-3-23-22(24-13-8-9-15-28-4-2)25-17-20-16-21(27)26(18-20)14-12-19-10-6-5-7-11-19/h5-7,10-11,20H,3-4,8-9,12-18H2,1-2H3,(H2,23,24,25). The zero-order chi connectivity index (χ0) is 20.0. The molecule has 28 heavy (non-hydrogen) atoms. The number of hydrogen-bond donors (Lipinski definition) is 2. The predicted octanol–water partition coefficient (Wildman–Crippen LogP) is 2.45. The van der Waals surface area contributed by atoms with Crippen molar-refractivity contribution in [2.75, 3.05) is 45.9 Å². The van der Waals surface area contributed by atoms with Crippen molar-refractivity contribution >= 4 is 11.9 Å². The van der Waals surface area contributed by atoms with Crippen molar-refractivity contribution in [3.05, 3.63) is 35.9 Å². The molecule has 1 amide bonds. The summed E-state index contributed by atoms with van der Waals surface area (Å²) in [6, 6.07) is 10.3. The summed E-state index contributed by atoms with van der Waals surface area (Å²) in [5.41, 5.74) is 1.28. The molecule has 0 spiro atoms. The number of nitrogens with zero attached hydrogens (tertiary/aromatic N) is 2. The Morgan fingerprint density at radius 2 is 2.04 bits per heavy atom. The van der Waals surface area contributed by atoms with Crippen molar-refractivity contribution in [3.8, 4) is 0 Å². The second-order valence-corrected chi connectivity index (χ2v) is 7.20. The number of guanidine groups is 1. The number of unbranched alkanes of at least 4 members (excludes halogenated alkanes) is 1. The van der Waals surface area contributed by atoms with E-state index in [0.717, 1.165) is 64.6 Å². The maximum atomic E-state index is 12.3. The van der Waals surface area contributed by atoms with Gasteiger partial charge in [0.25, 0.3) is 0 Å². The highest BCUT2D eigenvalue weighted by Gasteiger charge is 2.28. The van der Waals surface area contributed by atoms with E-state index in [0.29, 0.717) is 18.9 Å². The number of carbonyl (C=O) groups is 1. The highest BCUT2D eigenvalue weighted by molar-refractivity contribution is 5.80. The molecule has 2 N–H and O–H groups in total. The van der Waals surface area contributed by atoms with E-state index in [-0.39, 0.29) is 5.91 Å². The molecule has 1 aliphatic rings. The van der Waals surface area contributed by atoms with E-state index < -0.39 is 0 Å². The van der Waals surface area contributed by atoms with E-state index in [9.17, 15) is 4.79 Å². The van der Waals surface area contributed by atoms with Gasteiger partial charge in [0.1, 0.15) is 0 Å². The Morgan fingerprint density at radius 1 is 1.21 bits per heavy atom. The van der Waals surface area contributed by atoms with E-state index in [1.54, 1.807) is 0 Å². The van der Waals surface area contributed by atoms with Gasteiger partial charge in [-0.2, -0.15) is 0 Å². The molecule has 0 bridgehead atoms. The van der Waals surface area contributed by atoms with Crippen LogP contribution in [0.4, 0.5) is 0 Å². The first kappa shape index (κ1) is 22.2. The number of nitrogens with one attached hydrogen (secondary N) is 2. The maximum Gasteiger partial charge on any atom is 0.223 e. The predicted molar refractivity (Wildman–Crippen MR) is 115 cm³/mol. The number of aliphatic imine (C=N–C) groups is 1. The van der Waals surface area contributed by atoms with Crippen LogP contribution in [0.3, 0.4) is 0 Å². The third-order valence-electron chi connectivity index (χ3n) is 4.87. The Hall–Kier alpha value is -2.08. The molecule has 0 aliphatic carbocycles. The number of amides is 1. The quantitative estimate of drug-likeness (QED) is 0.328. The van der Waals surface area contributed by atoms with Gasteiger partial charge in [-0.05, 0) is 38.7 Å². The van der Waals surface area contributed by atoms with E-state index in [4.69, 9.17) is 9.73 Å². The van der Waals surface area contributed by atoms with Crippen molar-refractivity contribution in [1.82, 2.24) is 15.5 Å². The molecule has 6 heteroatoms. The van der Waals surface area contributed by atoms with E-state index in [1.807, 2.05) is 30.0 Å². The third kappa shape index (κ3) is 8.30. The lowest BCUT2D eigenvalue weighted by Gasteiger charge is -2.16. The molecule has 0 radical (unpaired) electrons. The van der Waals surface area contributed by atoms with Crippen LogP contribution in [0, 0.1) is 5.92 Å². The minimum atomic E-state index is 0.255. The van der Waals surface area contributed by atoms with Gasteiger partial charge in [0.15, 0.2) is 5.96 Å². The molecule has 1 aliphatic heterocycles. The molecule has 0 saturated carbocycles. The minimum absolute atomic E-state index is 0.255. The summed E-state index contributed by atoms with van der Waals surface area (Å²) in [7, 11) is 0. The molecule has 2 rings (SSSR count). The summed E-state index contributed by atoms with van der Waals surface area (Å²) >= 11 is 0. The average Bonchev–Trinajstić information content (AvgIpc) is 3.07. The number of benzene rings is 1. The van der Waals surface area contributed by atoms with Gasteiger partial charge in [0.05, 0.1) is 0 Å². The van der Waals surface area contributed by atoms with Crippen LogP contribution in [-0.2, 0) is 16.0 Å². The third-order valence-corrected chi connectivity index (χ3v) is 4.87. The number of rotatable bonds is 12. The summed E-state index contributed by atoms with van der Waals surface area (Å²) in [5.74, 6) is 1.40. The summed E-state index contributed by atoms with van der Waals surface area (Å²) in [6.45, 7) is 9.67. The molecule has 1 saturated heterocycles. The van der Waals surface area contributed by atoms with Gasteiger partial charge in [-0.15, -0.1) is 0 Å². The maximum absolute atomic E-state index is 12.3. The van der Waals surface area contributed by atoms with Gasteiger partial charge in [-0.25, -0.2) is 0 Å². The van der Waals surface area contributed by atoms with E-state index >= 15 is 0 Å². The van der Waals surface area contributed by atoms with Crippen LogP contribution in [0.25, 0.3) is 0 Å². The first-order chi connectivity index (χ1) is 13.7. The molecule has 1 heterocycles. The highest BCUT2D eigenvalue weighted by Crippen LogP contribution is 2.18. The first-order valence-corrected chi connectivity index (χ1v) is 10.6. The van der Waals surface area contributed by atoms with Crippen LogP contribution < -0.4 is 10.6 Å². The Labute approximate surface area is 169 Å². The molecule has 1 unspecified atom stereocenters. The van der Waals surface area contributed by atoms with Crippen LogP contribution >= 0.6 is 0 Å². The fourth-order valence-electron chi connectivity index (χ4n) is 3.34. The average molecular weight is 389 g/mol. The van der Waals surface area contributed by atoms with Crippen molar-refractivity contribution in [2.24, 2.45) is 10.9 Å². The van der Waals surface area contributed by atoms with Gasteiger partial charge >= 0.3 is 0 Å². The van der Waals surface area contributed by atoms with Crippen LogP contribution in [-0.4, -0.2) is 62.7 Å². The topological polar surface area (TPSA) is 66.0 Å². The molecule has 1 aromatic carbocycles. The Morgan fingerprint density at radius 3 is 2.79 bits per heavy atom. The highest BCUT2D eigenvalue weighted by atomic mass is 16.5. The molecular formula is C22H36N4O2. The normalized spacial score (nSPS) is 17.2. The van der Waals surface area contributed by atoms with Crippen molar-refractivity contribution < 1.29 is 9.53 Å². The van der Waals surface area contributed by atoms with Crippen LogP contribution in [0.1, 0.15) is 38.7 Å². The van der Waals surface area contributed by atoms with Crippen molar-refractivity contribution in [3.63, 3.8) is 0 Å². The number of ether oxygens (including phenoxy) is 1. The minimum Gasteiger partial charge on any atom is -0.382 e. The lowest BCUT2D eigenvalue weighted by Crippen LogP contribution is -2.38. The first-order valence-electron chi connectivity index (χ1n) is 10.6. The summed E-state index contributed by atoms with van der Waals surface area (Å²) < 4.78 is 5.36. The monoisotopic (exact) mass is 388 g/mol. The largest absolute Gasteiger partial charge is 0.382 e. The summed E-state index contributed by atoms with van der Waals surface area (Å²) in [4.78, 5) is 19.0. The molecule has 1 atom stereocenters. The molecule has 1 fully saturated rings. The number of hydrogen-bond acceptors (Lipinski definition) is 3. The summed E-state index contributed by atoms with van der Waals surface area (Å²) in [6.07, 6.45) is 3.62. The van der Waals surface area contributed by atoms with E-state index in [2.05, 4.69) is 29.7 Å². The Balaban J connectivity index is 1.72.